The molecule has 0 spiro atoms. The van der Waals surface area contributed by atoms with Gasteiger partial charge in [-0.05, 0) is 36.5 Å². The van der Waals surface area contributed by atoms with Crippen LogP contribution >= 0.6 is 0 Å². The topological polar surface area (TPSA) is 24.5 Å². The van der Waals surface area contributed by atoms with E-state index >= 15 is 0 Å². The first-order valence-electron chi connectivity index (χ1n) is 8.67. The van der Waals surface area contributed by atoms with Gasteiger partial charge >= 0.3 is 0 Å². The Kier molecular flexibility index (Phi) is 5.69. The fraction of sp³-hybridized carbons (Fsp3) is 0.273. The first-order valence-corrected chi connectivity index (χ1v) is 8.67. The Morgan fingerprint density at radius 1 is 0.920 bits per heavy atom. The Morgan fingerprint density at radius 2 is 1.64 bits per heavy atom. The second kappa shape index (κ2) is 8.15. The van der Waals surface area contributed by atoms with Crippen LogP contribution in [0.1, 0.15) is 17.2 Å². The van der Waals surface area contributed by atoms with Gasteiger partial charge in [0.25, 0.3) is 0 Å². The summed E-state index contributed by atoms with van der Waals surface area (Å²) in [6, 6.07) is 23.6. The Labute approximate surface area is 150 Å². The van der Waals surface area contributed by atoms with E-state index in [-0.39, 0.29) is 0 Å². The van der Waals surface area contributed by atoms with E-state index in [1.165, 1.54) is 21.9 Å². The lowest BCUT2D eigenvalue weighted by molar-refractivity contribution is 0.288. The Balaban J connectivity index is 1.78. The third kappa shape index (κ3) is 4.01. The molecule has 0 bridgehead atoms. The SMILES string of the molecule is COc1ccc2ccccc2c1CNC[C@@H](c1ccccc1)N(C)C. The van der Waals surface area contributed by atoms with Crippen molar-refractivity contribution in [3.05, 3.63) is 77.9 Å². The van der Waals surface area contributed by atoms with Gasteiger partial charge in [0.05, 0.1) is 7.11 Å². The van der Waals surface area contributed by atoms with E-state index < -0.39 is 0 Å². The van der Waals surface area contributed by atoms with Gasteiger partial charge in [-0.1, -0.05) is 60.7 Å². The molecule has 0 unspecified atom stereocenters. The van der Waals surface area contributed by atoms with Crippen molar-refractivity contribution in [3.8, 4) is 5.75 Å². The summed E-state index contributed by atoms with van der Waals surface area (Å²) >= 11 is 0. The third-order valence-corrected chi connectivity index (χ3v) is 4.66. The second-order valence-electron chi connectivity index (χ2n) is 6.49. The number of nitrogens with one attached hydrogen (secondary N) is 1. The van der Waals surface area contributed by atoms with Gasteiger partial charge in [0.1, 0.15) is 5.75 Å². The Hall–Kier alpha value is -2.36. The molecule has 0 fully saturated rings. The van der Waals surface area contributed by atoms with Gasteiger partial charge < -0.3 is 15.0 Å². The lowest BCUT2D eigenvalue weighted by Gasteiger charge is -2.25. The minimum atomic E-state index is 0.335. The van der Waals surface area contributed by atoms with Gasteiger partial charge in [0.15, 0.2) is 0 Å². The van der Waals surface area contributed by atoms with Crippen molar-refractivity contribution in [2.24, 2.45) is 0 Å². The summed E-state index contributed by atoms with van der Waals surface area (Å²) in [5.41, 5.74) is 2.54. The summed E-state index contributed by atoms with van der Waals surface area (Å²) in [4.78, 5) is 2.25. The summed E-state index contributed by atoms with van der Waals surface area (Å²) in [5, 5.41) is 6.12. The number of fused-ring (bicyclic) bond motifs is 1. The van der Waals surface area contributed by atoms with Crippen LogP contribution in [0.5, 0.6) is 5.75 Å². The summed E-state index contributed by atoms with van der Waals surface area (Å²) in [5.74, 6) is 0.937. The molecule has 25 heavy (non-hydrogen) atoms. The van der Waals surface area contributed by atoms with Crippen molar-refractivity contribution >= 4 is 10.8 Å². The smallest absolute Gasteiger partial charge is 0.123 e. The standard InChI is InChI=1S/C22H26N2O/c1-24(2)21(18-10-5-4-6-11-18)16-23-15-20-19-12-8-7-9-17(19)13-14-22(20)25-3/h4-14,21,23H,15-16H2,1-3H3/t21-/m0/s1. The molecule has 0 aliphatic heterocycles. The van der Waals surface area contributed by atoms with E-state index in [4.69, 9.17) is 4.74 Å². The highest BCUT2D eigenvalue weighted by Gasteiger charge is 2.14. The van der Waals surface area contributed by atoms with Crippen LogP contribution in [0.4, 0.5) is 0 Å². The molecule has 0 radical (unpaired) electrons. The molecule has 1 atom stereocenters. The molecule has 0 aliphatic rings. The Bertz CT molecular complexity index is 815. The molecule has 0 saturated carbocycles. The van der Waals surface area contributed by atoms with Crippen molar-refractivity contribution in [1.82, 2.24) is 10.2 Å². The van der Waals surface area contributed by atoms with Crippen molar-refractivity contribution in [2.75, 3.05) is 27.7 Å². The lowest BCUT2D eigenvalue weighted by atomic mass is 10.0. The normalized spacial score (nSPS) is 12.5. The average molecular weight is 334 g/mol. The van der Waals surface area contributed by atoms with E-state index in [1.54, 1.807) is 7.11 Å². The Morgan fingerprint density at radius 3 is 2.36 bits per heavy atom. The molecule has 3 heteroatoms. The summed E-state index contributed by atoms with van der Waals surface area (Å²) < 4.78 is 5.59. The first kappa shape index (κ1) is 17.5. The predicted molar refractivity (Wildman–Crippen MR) is 105 cm³/mol. The highest BCUT2D eigenvalue weighted by Crippen LogP contribution is 2.28. The minimum Gasteiger partial charge on any atom is -0.496 e. The predicted octanol–water partition coefficient (Wildman–Crippen LogP) is 4.24. The first-order chi connectivity index (χ1) is 12.2. The quantitative estimate of drug-likeness (QED) is 0.699. The van der Waals surface area contributed by atoms with Gasteiger partial charge in [0.2, 0.25) is 0 Å². The summed E-state index contributed by atoms with van der Waals surface area (Å²) in [7, 11) is 5.98. The maximum absolute atomic E-state index is 5.59. The van der Waals surface area contributed by atoms with Crippen LogP contribution in [0.2, 0.25) is 0 Å². The van der Waals surface area contributed by atoms with E-state index in [9.17, 15) is 0 Å². The van der Waals surface area contributed by atoms with Crippen molar-refractivity contribution < 1.29 is 4.74 Å². The number of methoxy groups -OCH3 is 1. The van der Waals surface area contributed by atoms with Crippen LogP contribution in [0, 0.1) is 0 Å². The van der Waals surface area contributed by atoms with E-state index in [0.717, 1.165) is 18.8 Å². The van der Waals surface area contributed by atoms with Crippen molar-refractivity contribution in [3.63, 3.8) is 0 Å². The fourth-order valence-corrected chi connectivity index (χ4v) is 3.30. The monoisotopic (exact) mass is 334 g/mol. The molecule has 0 aromatic heterocycles. The van der Waals surface area contributed by atoms with Gasteiger partial charge in [-0.3, -0.25) is 0 Å². The zero-order valence-corrected chi connectivity index (χ0v) is 15.2. The van der Waals surface area contributed by atoms with Gasteiger partial charge in [-0.25, -0.2) is 0 Å². The molecule has 0 aliphatic carbocycles. The number of benzene rings is 3. The number of nitrogens with zero attached hydrogens (tertiary/aromatic N) is 1. The van der Waals surface area contributed by atoms with E-state index in [2.05, 4.69) is 91.0 Å². The zero-order valence-electron chi connectivity index (χ0n) is 15.2. The fourth-order valence-electron chi connectivity index (χ4n) is 3.30. The van der Waals surface area contributed by atoms with Crippen LogP contribution in [0.15, 0.2) is 66.7 Å². The van der Waals surface area contributed by atoms with E-state index in [0.29, 0.717) is 6.04 Å². The molecule has 3 rings (SSSR count). The van der Waals surface area contributed by atoms with Crippen LogP contribution < -0.4 is 10.1 Å². The number of ether oxygens (including phenoxy) is 1. The van der Waals surface area contributed by atoms with Gasteiger partial charge in [-0.2, -0.15) is 0 Å². The van der Waals surface area contributed by atoms with Crippen molar-refractivity contribution in [2.45, 2.75) is 12.6 Å². The molecular weight excluding hydrogens is 308 g/mol. The van der Waals surface area contributed by atoms with Crippen LogP contribution in [0.3, 0.4) is 0 Å². The molecule has 3 aromatic carbocycles. The molecule has 3 nitrogen and oxygen atoms in total. The molecular formula is C22H26N2O. The molecule has 0 saturated heterocycles. The average Bonchev–Trinajstić information content (AvgIpc) is 2.65. The minimum absolute atomic E-state index is 0.335. The molecule has 0 amide bonds. The van der Waals surface area contributed by atoms with Gasteiger partial charge in [0, 0.05) is 24.7 Å². The number of likely N-dealkylation sites (N-methyl/N-ethyl adjacent to an activating group) is 1. The molecule has 1 N–H and O–H groups in total. The van der Waals surface area contributed by atoms with Crippen LogP contribution in [-0.2, 0) is 6.54 Å². The maximum atomic E-state index is 5.59. The largest absolute Gasteiger partial charge is 0.496 e. The molecule has 130 valence electrons. The number of hydrogen-bond acceptors (Lipinski definition) is 3. The van der Waals surface area contributed by atoms with Crippen LogP contribution in [-0.4, -0.2) is 32.6 Å². The maximum Gasteiger partial charge on any atom is 0.123 e. The lowest BCUT2D eigenvalue weighted by Crippen LogP contribution is -2.30. The van der Waals surface area contributed by atoms with E-state index in [1.807, 2.05) is 0 Å². The highest BCUT2D eigenvalue weighted by atomic mass is 16.5. The number of rotatable bonds is 7. The molecule has 3 aromatic rings. The highest BCUT2D eigenvalue weighted by molar-refractivity contribution is 5.87. The summed E-state index contributed by atoms with van der Waals surface area (Å²) in [6.45, 7) is 1.66. The van der Waals surface area contributed by atoms with Gasteiger partial charge in [-0.15, -0.1) is 0 Å². The third-order valence-electron chi connectivity index (χ3n) is 4.66. The summed E-state index contributed by atoms with van der Waals surface area (Å²) in [6.07, 6.45) is 0. The molecule has 0 heterocycles. The van der Waals surface area contributed by atoms with Crippen LogP contribution in [0.25, 0.3) is 10.8 Å². The second-order valence-corrected chi connectivity index (χ2v) is 6.49. The number of hydrogen-bond donors (Lipinski definition) is 1. The zero-order chi connectivity index (χ0) is 17.6. The van der Waals surface area contributed by atoms with Crippen molar-refractivity contribution in [1.29, 1.82) is 0 Å².